The standard InChI is InChI=1S/C28H28F3N3O4/c1-17(14-23-9-4-18(2)38-23)26(35)32-22-7-5-19(6-8-22)20-10-12-34(13-11-20)27(36)21-15-24(28(29,30)31)33-25(16-21)37-3/h4-9,14-16,20H,10-13H2,1-3H3,(H,32,35)/b17-14+. The maximum Gasteiger partial charge on any atom is 0.433 e. The number of piperidine rings is 1. The highest BCUT2D eigenvalue weighted by Crippen LogP contribution is 2.32. The average Bonchev–Trinajstić information content (AvgIpc) is 3.32. The maximum absolute atomic E-state index is 13.2. The number of methoxy groups -OCH3 is 1. The van der Waals surface area contributed by atoms with Gasteiger partial charge in [-0.3, -0.25) is 9.59 Å². The Hall–Kier alpha value is -4.08. The summed E-state index contributed by atoms with van der Waals surface area (Å²) in [5, 5.41) is 2.87. The van der Waals surface area contributed by atoms with E-state index in [-0.39, 0.29) is 23.3 Å². The zero-order chi connectivity index (χ0) is 27.4. The second kappa shape index (κ2) is 11.1. The predicted octanol–water partition coefficient (Wildman–Crippen LogP) is 6.07. The SMILES string of the molecule is COc1cc(C(=O)N2CCC(c3ccc(NC(=O)/C(C)=C/c4ccc(C)o4)cc3)CC2)cc(C(F)(F)F)n1. The fraction of sp³-hybridized carbons (Fsp3) is 0.321. The van der Waals surface area contributed by atoms with Crippen LogP contribution in [-0.4, -0.2) is 41.9 Å². The highest BCUT2D eigenvalue weighted by molar-refractivity contribution is 6.06. The Morgan fingerprint density at radius 3 is 2.37 bits per heavy atom. The van der Waals surface area contributed by atoms with Crippen molar-refractivity contribution >= 4 is 23.6 Å². The molecule has 0 radical (unpaired) electrons. The number of alkyl halides is 3. The van der Waals surface area contributed by atoms with E-state index in [1.165, 1.54) is 13.2 Å². The van der Waals surface area contributed by atoms with E-state index in [0.717, 1.165) is 17.4 Å². The van der Waals surface area contributed by atoms with Gasteiger partial charge in [-0.15, -0.1) is 0 Å². The lowest BCUT2D eigenvalue weighted by Gasteiger charge is -2.32. The van der Waals surface area contributed by atoms with Crippen LogP contribution in [0.3, 0.4) is 0 Å². The number of aryl methyl sites for hydroxylation is 1. The van der Waals surface area contributed by atoms with Crippen molar-refractivity contribution in [3.8, 4) is 5.88 Å². The average molecular weight is 528 g/mol. The number of pyridine rings is 1. The quantitative estimate of drug-likeness (QED) is 0.393. The van der Waals surface area contributed by atoms with Gasteiger partial charge in [0.25, 0.3) is 11.8 Å². The number of anilines is 1. The van der Waals surface area contributed by atoms with Gasteiger partial charge in [0.2, 0.25) is 5.88 Å². The summed E-state index contributed by atoms with van der Waals surface area (Å²) in [5.41, 5.74) is 0.966. The molecule has 0 aliphatic carbocycles. The van der Waals surface area contributed by atoms with Crippen molar-refractivity contribution in [2.45, 2.75) is 38.8 Å². The van der Waals surface area contributed by atoms with E-state index in [1.807, 2.05) is 37.3 Å². The summed E-state index contributed by atoms with van der Waals surface area (Å²) in [6.45, 7) is 4.36. The minimum atomic E-state index is -4.68. The molecule has 3 heterocycles. The summed E-state index contributed by atoms with van der Waals surface area (Å²) in [6.07, 6.45) is -1.68. The Labute approximate surface area is 218 Å². The molecule has 38 heavy (non-hydrogen) atoms. The van der Waals surface area contributed by atoms with Crippen LogP contribution in [0.1, 0.15) is 58.8 Å². The van der Waals surface area contributed by atoms with Crippen LogP contribution in [-0.2, 0) is 11.0 Å². The number of nitrogens with one attached hydrogen (secondary N) is 1. The van der Waals surface area contributed by atoms with Gasteiger partial charge in [0.15, 0.2) is 0 Å². The molecular weight excluding hydrogens is 499 g/mol. The Bertz CT molecular complexity index is 1340. The lowest BCUT2D eigenvalue weighted by atomic mass is 9.89. The molecule has 1 fully saturated rings. The molecule has 1 N–H and O–H groups in total. The third-order valence-corrected chi connectivity index (χ3v) is 6.45. The van der Waals surface area contributed by atoms with Crippen molar-refractivity contribution in [3.63, 3.8) is 0 Å². The van der Waals surface area contributed by atoms with Gasteiger partial charge in [0.1, 0.15) is 17.2 Å². The minimum Gasteiger partial charge on any atom is -0.481 e. The van der Waals surface area contributed by atoms with E-state index < -0.39 is 17.8 Å². The van der Waals surface area contributed by atoms with E-state index >= 15 is 0 Å². The molecule has 2 amide bonds. The van der Waals surface area contributed by atoms with Crippen molar-refractivity contribution in [1.29, 1.82) is 0 Å². The molecule has 0 bridgehead atoms. The summed E-state index contributed by atoms with van der Waals surface area (Å²) >= 11 is 0. The molecule has 1 aliphatic rings. The zero-order valence-electron chi connectivity index (χ0n) is 21.3. The van der Waals surface area contributed by atoms with Crippen LogP contribution in [0.5, 0.6) is 5.88 Å². The number of amides is 2. The summed E-state index contributed by atoms with van der Waals surface area (Å²) in [7, 11) is 1.21. The van der Waals surface area contributed by atoms with Crippen molar-refractivity contribution in [2.75, 3.05) is 25.5 Å². The van der Waals surface area contributed by atoms with E-state index in [4.69, 9.17) is 9.15 Å². The Kier molecular flexibility index (Phi) is 7.89. The second-order valence-electron chi connectivity index (χ2n) is 9.20. The normalized spacial score (nSPS) is 14.9. The first-order chi connectivity index (χ1) is 18.0. The molecule has 0 unspecified atom stereocenters. The summed E-state index contributed by atoms with van der Waals surface area (Å²) < 4.78 is 49.9. The zero-order valence-corrected chi connectivity index (χ0v) is 21.3. The number of halogens is 3. The van der Waals surface area contributed by atoms with Crippen LogP contribution in [0.15, 0.2) is 58.5 Å². The van der Waals surface area contributed by atoms with Crippen LogP contribution < -0.4 is 10.1 Å². The van der Waals surface area contributed by atoms with Crippen molar-refractivity contribution in [3.05, 3.63) is 82.4 Å². The number of furan rings is 1. The molecule has 4 rings (SSSR count). The molecule has 0 saturated carbocycles. The van der Waals surface area contributed by atoms with Crippen molar-refractivity contribution in [1.82, 2.24) is 9.88 Å². The molecule has 1 saturated heterocycles. The number of hydrogen-bond donors (Lipinski definition) is 1. The Morgan fingerprint density at radius 1 is 1.11 bits per heavy atom. The highest BCUT2D eigenvalue weighted by Gasteiger charge is 2.35. The van der Waals surface area contributed by atoms with Crippen LogP contribution in [0.4, 0.5) is 18.9 Å². The third kappa shape index (κ3) is 6.42. The number of likely N-dealkylation sites (tertiary alicyclic amines) is 1. The molecule has 0 spiro atoms. The van der Waals surface area contributed by atoms with Gasteiger partial charge in [0.05, 0.1) is 7.11 Å². The van der Waals surface area contributed by atoms with E-state index in [0.29, 0.717) is 43.0 Å². The predicted molar refractivity (Wildman–Crippen MR) is 136 cm³/mol. The molecule has 1 aliphatic heterocycles. The number of hydrogen-bond acceptors (Lipinski definition) is 5. The minimum absolute atomic E-state index is 0.103. The van der Waals surface area contributed by atoms with Gasteiger partial charge in [-0.25, -0.2) is 4.98 Å². The van der Waals surface area contributed by atoms with E-state index in [9.17, 15) is 22.8 Å². The first-order valence-corrected chi connectivity index (χ1v) is 12.1. The fourth-order valence-electron chi connectivity index (χ4n) is 4.36. The molecule has 0 atom stereocenters. The van der Waals surface area contributed by atoms with E-state index in [2.05, 4.69) is 10.3 Å². The first-order valence-electron chi connectivity index (χ1n) is 12.1. The smallest absolute Gasteiger partial charge is 0.433 e. The maximum atomic E-state index is 13.2. The molecule has 3 aromatic rings. The van der Waals surface area contributed by atoms with Gasteiger partial charge in [-0.1, -0.05) is 12.1 Å². The van der Waals surface area contributed by atoms with Gasteiger partial charge >= 0.3 is 6.18 Å². The Balaban J connectivity index is 1.35. The second-order valence-corrected chi connectivity index (χ2v) is 9.20. The van der Waals surface area contributed by atoms with Gasteiger partial charge in [0, 0.05) is 36.0 Å². The van der Waals surface area contributed by atoms with Gasteiger partial charge < -0.3 is 19.4 Å². The molecule has 2 aromatic heterocycles. The molecular formula is C28H28F3N3O4. The number of carbonyl (C=O) groups is 2. The van der Waals surface area contributed by atoms with E-state index in [1.54, 1.807) is 24.0 Å². The number of rotatable bonds is 6. The largest absolute Gasteiger partial charge is 0.481 e. The Morgan fingerprint density at radius 2 is 1.79 bits per heavy atom. The van der Waals surface area contributed by atoms with Crippen LogP contribution >= 0.6 is 0 Å². The molecule has 1 aromatic carbocycles. The van der Waals surface area contributed by atoms with Crippen LogP contribution in [0, 0.1) is 6.92 Å². The van der Waals surface area contributed by atoms with Gasteiger partial charge in [-0.2, -0.15) is 13.2 Å². The molecule has 7 nitrogen and oxygen atoms in total. The third-order valence-electron chi connectivity index (χ3n) is 6.45. The summed E-state index contributed by atoms with van der Waals surface area (Å²) in [6, 6.07) is 13.2. The van der Waals surface area contributed by atoms with Crippen molar-refractivity contribution < 1.29 is 31.9 Å². The van der Waals surface area contributed by atoms with Gasteiger partial charge in [-0.05, 0) is 74.6 Å². The number of aromatic nitrogens is 1. The van der Waals surface area contributed by atoms with Crippen molar-refractivity contribution in [2.24, 2.45) is 0 Å². The van der Waals surface area contributed by atoms with Crippen LogP contribution in [0.2, 0.25) is 0 Å². The molecule has 10 heteroatoms. The lowest BCUT2D eigenvalue weighted by molar-refractivity contribution is -0.141. The molecule has 200 valence electrons. The number of ether oxygens (including phenoxy) is 1. The number of carbonyl (C=O) groups excluding carboxylic acids is 2. The van der Waals surface area contributed by atoms with Crippen LogP contribution in [0.25, 0.3) is 6.08 Å². The topological polar surface area (TPSA) is 84.7 Å². The summed E-state index contributed by atoms with van der Waals surface area (Å²) in [4.78, 5) is 30.4. The number of nitrogens with zero attached hydrogens (tertiary/aromatic N) is 2. The lowest BCUT2D eigenvalue weighted by Crippen LogP contribution is -2.38. The summed E-state index contributed by atoms with van der Waals surface area (Å²) in [5.74, 6) is 0.584. The number of benzene rings is 1. The first kappa shape index (κ1) is 27.0. The fourth-order valence-corrected chi connectivity index (χ4v) is 4.36. The monoisotopic (exact) mass is 527 g/mol. The highest BCUT2D eigenvalue weighted by atomic mass is 19.4.